The summed E-state index contributed by atoms with van der Waals surface area (Å²) in [6.07, 6.45) is 0.161. The van der Waals surface area contributed by atoms with Crippen molar-refractivity contribution in [2.24, 2.45) is 0 Å². The molecule has 0 fully saturated rings. The Labute approximate surface area is 148 Å². The molecule has 0 saturated heterocycles. The van der Waals surface area contributed by atoms with Gasteiger partial charge in [-0.05, 0) is 18.2 Å². The van der Waals surface area contributed by atoms with Crippen LogP contribution in [0.2, 0.25) is 10.0 Å². The van der Waals surface area contributed by atoms with E-state index in [4.69, 9.17) is 32.7 Å². The van der Waals surface area contributed by atoms with Gasteiger partial charge in [0.25, 0.3) is 0 Å². The fraction of sp³-hybridized carbons (Fsp3) is 0.111. The van der Waals surface area contributed by atoms with Crippen LogP contribution in [0.5, 0.6) is 0 Å². The zero-order valence-corrected chi connectivity index (χ0v) is 14.0. The quantitative estimate of drug-likeness (QED) is 0.666. The predicted molar refractivity (Wildman–Crippen MR) is 93.4 cm³/mol. The SMILES string of the molecule is O=C(O)CCc1nc(-c2cc(Cl)cc(Cl)c2)c(-c2ccccc2)o1. The molecule has 0 aliphatic heterocycles. The van der Waals surface area contributed by atoms with Crippen molar-refractivity contribution in [2.45, 2.75) is 12.8 Å². The Morgan fingerprint density at radius 3 is 2.33 bits per heavy atom. The van der Waals surface area contributed by atoms with E-state index in [0.717, 1.165) is 11.1 Å². The van der Waals surface area contributed by atoms with Gasteiger partial charge in [-0.25, -0.2) is 4.98 Å². The lowest BCUT2D eigenvalue weighted by Crippen LogP contribution is -1.97. The predicted octanol–water partition coefficient (Wildman–Crippen LogP) is 5.33. The summed E-state index contributed by atoms with van der Waals surface area (Å²) in [6.45, 7) is 0. The number of aryl methyl sites for hydroxylation is 1. The minimum absolute atomic E-state index is 0.0511. The van der Waals surface area contributed by atoms with Crippen LogP contribution < -0.4 is 0 Å². The maximum absolute atomic E-state index is 10.8. The van der Waals surface area contributed by atoms with Crippen molar-refractivity contribution >= 4 is 29.2 Å². The van der Waals surface area contributed by atoms with Crippen LogP contribution >= 0.6 is 23.2 Å². The summed E-state index contributed by atoms with van der Waals surface area (Å²) < 4.78 is 5.82. The van der Waals surface area contributed by atoms with E-state index >= 15 is 0 Å². The van der Waals surface area contributed by atoms with Gasteiger partial charge in [0.1, 0.15) is 5.69 Å². The van der Waals surface area contributed by atoms with E-state index in [0.29, 0.717) is 27.4 Å². The maximum Gasteiger partial charge on any atom is 0.303 e. The number of aromatic nitrogens is 1. The number of rotatable bonds is 5. The first-order valence-corrected chi connectivity index (χ1v) is 8.02. The first-order valence-electron chi connectivity index (χ1n) is 7.26. The van der Waals surface area contributed by atoms with E-state index in [9.17, 15) is 4.79 Å². The topological polar surface area (TPSA) is 63.3 Å². The summed E-state index contributed by atoms with van der Waals surface area (Å²) >= 11 is 12.2. The van der Waals surface area contributed by atoms with E-state index in [1.807, 2.05) is 30.3 Å². The number of hydrogen-bond donors (Lipinski definition) is 1. The molecule has 0 saturated carbocycles. The number of benzene rings is 2. The van der Waals surface area contributed by atoms with E-state index in [-0.39, 0.29) is 12.8 Å². The minimum atomic E-state index is -0.901. The number of hydrogen-bond acceptors (Lipinski definition) is 3. The van der Waals surface area contributed by atoms with Gasteiger partial charge in [-0.2, -0.15) is 0 Å². The average Bonchev–Trinajstić information content (AvgIpc) is 2.97. The minimum Gasteiger partial charge on any atom is -0.481 e. The average molecular weight is 362 g/mol. The summed E-state index contributed by atoms with van der Waals surface area (Å²) in [5.74, 6) is 0.0264. The van der Waals surface area contributed by atoms with Crippen LogP contribution in [0.3, 0.4) is 0 Å². The number of carboxylic acids is 1. The number of carbonyl (C=O) groups is 1. The molecule has 122 valence electrons. The molecule has 3 aromatic rings. The Balaban J connectivity index is 2.10. The molecule has 1 heterocycles. The van der Waals surface area contributed by atoms with Gasteiger partial charge in [0, 0.05) is 27.6 Å². The Hall–Kier alpha value is -2.30. The van der Waals surface area contributed by atoms with Crippen LogP contribution in [0.15, 0.2) is 52.9 Å². The molecular formula is C18H13Cl2NO3. The molecule has 4 nitrogen and oxygen atoms in total. The Morgan fingerprint density at radius 2 is 1.71 bits per heavy atom. The first kappa shape index (κ1) is 16.6. The fourth-order valence-corrected chi connectivity index (χ4v) is 2.88. The molecule has 0 spiro atoms. The van der Waals surface area contributed by atoms with Crippen molar-refractivity contribution < 1.29 is 14.3 Å². The van der Waals surface area contributed by atoms with Crippen LogP contribution in [-0.2, 0) is 11.2 Å². The third kappa shape index (κ3) is 3.78. The molecule has 0 radical (unpaired) electrons. The normalized spacial score (nSPS) is 10.8. The second kappa shape index (κ2) is 7.07. The van der Waals surface area contributed by atoms with Crippen molar-refractivity contribution in [2.75, 3.05) is 0 Å². The summed E-state index contributed by atoms with van der Waals surface area (Å²) in [4.78, 5) is 15.3. The van der Waals surface area contributed by atoms with Crippen molar-refractivity contribution in [3.63, 3.8) is 0 Å². The fourth-order valence-electron chi connectivity index (χ4n) is 2.36. The van der Waals surface area contributed by atoms with Crippen molar-refractivity contribution in [1.29, 1.82) is 0 Å². The van der Waals surface area contributed by atoms with Gasteiger partial charge in [-0.1, -0.05) is 53.5 Å². The van der Waals surface area contributed by atoms with Crippen molar-refractivity contribution in [3.05, 3.63) is 64.5 Å². The van der Waals surface area contributed by atoms with Crippen LogP contribution in [0.4, 0.5) is 0 Å². The largest absolute Gasteiger partial charge is 0.481 e. The smallest absolute Gasteiger partial charge is 0.303 e. The van der Waals surface area contributed by atoms with E-state index in [2.05, 4.69) is 4.98 Å². The molecule has 6 heteroatoms. The molecule has 0 aliphatic rings. The first-order chi connectivity index (χ1) is 11.5. The van der Waals surface area contributed by atoms with Crippen molar-refractivity contribution in [3.8, 4) is 22.6 Å². The van der Waals surface area contributed by atoms with Gasteiger partial charge >= 0.3 is 5.97 Å². The molecular weight excluding hydrogens is 349 g/mol. The molecule has 2 aromatic carbocycles. The Bertz CT molecular complexity index is 855. The van der Waals surface area contributed by atoms with Gasteiger partial charge in [0.2, 0.25) is 0 Å². The van der Waals surface area contributed by atoms with Gasteiger partial charge in [0.05, 0.1) is 6.42 Å². The van der Waals surface area contributed by atoms with Crippen LogP contribution in [-0.4, -0.2) is 16.1 Å². The molecule has 0 amide bonds. The molecule has 0 unspecified atom stereocenters. The third-order valence-electron chi connectivity index (χ3n) is 3.40. The van der Waals surface area contributed by atoms with E-state index in [1.54, 1.807) is 18.2 Å². The summed E-state index contributed by atoms with van der Waals surface area (Å²) in [7, 11) is 0. The molecule has 1 aromatic heterocycles. The summed E-state index contributed by atoms with van der Waals surface area (Å²) in [5.41, 5.74) is 2.15. The second-order valence-electron chi connectivity index (χ2n) is 5.20. The highest BCUT2D eigenvalue weighted by molar-refractivity contribution is 6.35. The summed E-state index contributed by atoms with van der Waals surface area (Å²) in [6, 6.07) is 14.6. The lowest BCUT2D eigenvalue weighted by atomic mass is 10.1. The third-order valence-corrected chi connectivity index (χ3v) is 3.83. The summed E-state index contributed by atoms with van der Waals surface area (Å²) in [5, 5.41) is 9.84. The lowest BCUT2D eigenvalue weighted by Gasteiger charge is -2.03. The second-order valence-corrected chi connectivity index (χ2v) is 6.08. The molecule has 3 rings (SSSR count). The standard InChI is InChI=1S/C18H13Cl2NO3/c19-13-8-12(9-14(20)10-13)17-18(11-4-2-1-3-5-11)24-15(21-17)6-7-16(22)23/h1-5,8-10H,6-7H2,(H,22,23). The molecule has 0 aliphatic carbocycles. The van der Waals surface area contributed by atoms with Gasteiger partial charge in [0.15, 0.2) is 11.7 Å². The zero-order valence-electron chi connectivity index (χ0n) is 12.5. The Kier molecular flexibility index (Phi) is 4.88. The zero-order chi connectivity index (χ0) is 17.1. The number of oxazole rings is 1. The number of carboxylic acid groups (broad SMARTS) is 1. The molecule has 0 atom stereocenters. The maximum atomic E-state index is 10.8. The highest BCUT2D eigenvalue weighted by atomic mass is 35.5. The highest BCUT2D eigenvalue weighted by Crippen LogP contribution is 2.35. The number of nitrogens with zero attached hydrogens (tertiary/aromatic N) is 1. The molecule has 1 N–H and O–H groups in total. The lowest BCUT2D eigenvalue weighted by molar-refractivity contribution is -0.137. The van der Waals surface area contributed by atoms with E-state index in [1.165, 1.54) is 0 Å². The van der Waals surface area contributed by atoms with Crippen LogP contribution in [0.1, 0.15) is 12.3 Å². The number of aliphatic carboxylic acids is 1. The van der Waals surface area contributed by atoms with Crippen LogP contribution in [0, 0.1) is 0 Å². The van der Waals surface area contributed by atoms with E-state index < -0.39 is 5.97 Å². The molecule has 24 heavy (non-hydrogen) atoms. The van der Waals surface area contributed by atoms with Crippen molar-refractivity contribution in [1.82, 2.24) is 4.98 Å². The van der Waals surface area contributed by atoms with Crippen LogP contribution in [0.25, 0.3) is 22.6 Å². The van der Waals surface area contributed by atoms with Gasteiger partial charge in [-0.3, -0.25) is 4.79 Å². The monoisotopic (exact) mass is 361 g/mol. The van der Waals surface area contributed by atoms with Gasteiger partial charge < -0.3 is 9.52 Å². The Morgan fingerprint density at radius 1 is 1.04 bits per heavy atom. The number of halogens is 2. The van der Waals surface area contributed by atoms with Gasteiger partial charge in [-0.15, -0.1) is 0 Å². The molecule has 0 bridgehead atoms. The highest BCUT2D eigenvalue weighted by Gasteiger charge is 2.18.